The highest BCUT2D eigenvalue weighted by molar-refractivity contribution is 5.96. The minimum Gasteiger partial charge on any atom is -0.444 e. The van der Waals surface area contributed by atoms with Crippen molar-refractivity contribution in [3.8, 4) is 11.3 Å². The number of carbonyl (C=O) groups is 2. The fourth-order valence-electron chi connectivity index (χ4n) is 6.02. The molecule has 8 heteroatoms. The van der Waals surface area contributed by atoms with Gasteiger partial charge in [-0.15, -0.1) is 0 Å². The van der Waals surface area contributed by atoms with E-state index in [1.54, 1.807) is 17.2 Å². The number of fused-ring (bicyclic) bond motifs is 1. The zero-order valence-corrected chi connectivity index (χ0v) is 25.9. The molecule has 1 atom stereocenters. The van der Waals surface area contributed by atoms with Crippen LogP contribution in [0.2, 0.25) is 0 Å². The molecule has 3 aromatic carbocycles. The van der Waals surface area contributed by atoms with Gasteiger partial charge >= 0.3 is 0 Å². The third-order valence-corrected chi connectivity index (χ3v) is 8.64. The highest BCUT2D eigenvalue weighted by Crippen LogP contribution is 2.25. The van der Waals surface area contributed by atoms with Crippen LogP contribution in [0.4, 0.5) is 0 Å². The van der Waals surface area contributed by atoms with E-state index in [0.29, 0.717) is 25.3 Å². The second kappa shape index (κ2) is 13.2. The maximum Gasteiger partial charge on any atom is 0.247 e. The Labute approximate surface area is 263 Å². The molecule has 8 nitrogen and oxygen atoms in total. The van der Waals surface area contributed by atoms with Gasteiger partial charge in [0.1, 0.15) is 6.04 Å². The van der Waals surface area contributed by atoms with Crippen molar-refractivity contribution in [2.24, 2.45) is 7.05 Å². The summed E-state index contributed by atoms with van der Waals surface area (Å²) in [5.41, 5.74) is 7.93. The van der Waals surface area contributed by atoms with Gasteiger partial charge in [0.15, 0.2) is 12.2 Å². The number of benzene rings is 3. The van der Waals surface area contributed by atoms with Crippen LogP contribution in [0.25, 0.3) is 17.4 Å². The Morgan fingerprint density at radius 3 is 2.38 bits per heavy atom. The molecule has 0 aliphatic carbocycles. The lowest BCUT2D eigenvalue weighted by Crippen LogP contribution is -2.52. The van der Waals surface area contributed by atoms with E-state index in [9.17, 15) is 9.59 Å². The second-order valence-electron chi connectivity index (χ2n) is 11.6. The van der Waals surface area contributed by atoms with Gasteiger partial charge in [-0.05, 0) is 48.6 Å². The third kappa shape index (κ3) is 6.65. The van der Waals surface area contributed by atoms with Crippen molar-refractivity contribution in [3.63, 3.8) is 0 Å². The number of hydrogen-bond donors (Lipinski definition) is 0. The molecule has 1 unspecified atom stereocenters. The maximum absolute atomic E-state index is 14.5. The summed E-state index contributed by atoms with van der Waals surface area (Å²) in [7, 11) is 1.89. The van der Waals surface area contributed by atoms with Gasteiger partial charge < -0.3 is 14.2 Å². The predicted octanol–water partition coefficient (Wildman–Crippen LogP) is 5.93. The molecule has 2 amide bonds. The number of aromatic nitrogens is 3. The van der Waals surface area contributed by atoms with Gasteiger partial charge in [-0.3, -0.25) is 14.3 Å². The minimum absolute atomic E-state index is 0.0536. The van der Waals surface area contributed by atoms with E-state index in [2.05, 4.69) is 22.2 Å². The zero-order valence-electron chi connectivity index (χ0n) is 25.9. The van der Waals surface area contributed by atoms with Gasteiger partial charge in [0.25, 0.3) is 0 Å². The summed E-state index contributed by atoms with van der Waals surface area (Å²) in [6, 6.07) is 25.3. The predicted molar refractivity (Wildman–Crippen MR) is 174 cm³/mol. The number of rotatable bonds is 9. The lowest BCUT2D eigenvalue weighted by molar-refractivity contribution is -0.144. The van der Waals surface area contributed by atoms with Crippen molar-refractivity contribution in [1.82, 2.24) is 24.6 Å². The molecule has 45 heavy (non-hydrogen) atoms. The van der Waals surface area contributed by atoms with E-state index in [0.717, 1.165) is 45.6 Å². The molecule has 0 saturated heterocycles. The Bertz CT molecular complexity index is 1810. The van der Waals surface area contributed by atoms with Gasteiger partial charge in [-0.1, -0.05) is 78.9 Å². The normalized spacial score (nSPS) is 13.5. The van der Waals surface area contributed by atoms with Gasteiger partial charge in [-0.2, -0.15) is 5.10 Å². The summed E-state index contributed by atoms with van der Waals surface area (Å²) < 4.78 is 7.27. The molecular formula is C37H37N5O3. The van der Waals surface area contributed by atoms with Gasteiger partial charge in [-0.25, -0.2) is 4.98 Å². The molecule has 6 rings (SSSR count). The van der Waals surface area contributed by atoms with Crippen LogP contribution in [-0.4, -0.2) is 49.0 Å². The molecule has 228 valence electrons. The van der Waals surface area contributed by atoms with Crippen LogP contribution < -0.4 is 0 Å². The fraction of sp³-hybridized carbons (Fsp3) is 0.243. The Morgan fingerprint density at radius 2 is 1.69 bits per heavy atom. The van der Waals surface area contributed by atoms with Crippen LogP contribution in [0.15, 0.2) is 102 Å². The maximum atomic E-state index is 14.5. The lowest BCUT2D eigenvalue weighted by Gasteiger charge is -2.37. The number of aryl methyl sites for hydroxylation is 2. The number of carbonyl (C=O) groups excluding carboxylic acids is 2. The van der Waals surface area contributed by atoms with Crippen molar-refractivity contribution in [1.29, 1.82) is 0 Å². The molecule has 0 bridgehead atoms. The summed E-state index contributed by atoms with van der Waals surface area (Å²) in [4.78, 5) is 36.4. The highest BCUT2D eigenvalue weighted by atomic mass is 16.3. The van der Waals surface area contributed by atoms with Crippen LogP contribution in [0.3, 0.4) is 0 Å². The first-order valence-corrected chi connectivity index (χ1v) is 15.2. The summed E-state index contributed by atoms with van der Waals surface area (Å²) >= 11 is 0. The SMILES string of the molecule is Cc1nn(C)c(C)c1C=CC(=O)N(Cc1ccc(-c2cnco2)cc1)C(Cc1ccccc1)C(=O)N1CCc2ccccc2C1. The molecule has 0 spiro atoms. The number of hydrogen-bond acceptors (Lipinski definition) is 5. The van der Waals surface area contributed by atoms with E-state index in [-0.39, 0.29) is 18.4 Å². The van der Waals surface area contributed by atoms with Crippen molar-refractivity contribution in [3.05, 3.63) is 137 Å². The molecule has 0 radical (unpaired) electrons. The average molecular weight is 600 g/mol. The van der Waals surface area contributed by atoms with E-state index in [1.807, 2.05) is 103 Å². The summed E-state index contributed by atoms with van der Waals surface area (Å²) in [6.45, 7) is 5.31. The van der Waals surface area contributed by atoms with E-state index in [4.69, 9.17) is 4.42 Å². The van der Waals surface area contributed by atoms with Crippen molar-refractivity contribution in [2.75, 3.05) is 6.54 Å². The summed E-state index contributed by atoms with van der Waals surface area (Å²) in [5.74, 6) is 0.382. The quantitative estimate of drug-likeness (QED) is 0.196. The standard InChI is InChI=1S/C37H37N5O3/c1-26-33(27(2)40(3)39-26)17-18-36(43)42(23-29-13-15-31(16-14-29)35-22-38-25-45-35)34(21-28-9-5-4-6-10-28)37(44)41-20-19-30-11-7-8-12-32(30)24-41/h4-18,22,25,34H,19-21,23-24H2,1-3H3. The fourth-order valence-corrected chi connectivity index (χ4v) is 6.02. The second-order valence-corrected chi connectivity index (χ2v) is 11.6. The molecule has 3 heterocycles. The summed E-state index contributed by atoms with van der Waals surface area (Å²) in [5, 5.41) is 4.50. The molecule has 1 aliphatic heterocycles. The largest absolute Gasteiger partial charge is 0.444 e. The Kier molecular flexibility index (Phi) is 8.73. The van der Waals surface area contributed by atoms with Crippen LogP contribution in [0.1, 0.15) is 39.2 Å². The van der Waals surface area contributed by atoms with Gasteiger partial charge in [0.2, 0.25) is 11.8 Å². The average Bonchev–Trinajstić information content (AvgIpc) is 3.69. The molecule has 0 fully saturated rings. The third-order valence-electron chi connectivity index (χ3n) is 8.64. The van der Waals surface area contributed by atoms with Crippen molar-refractivity contribution < 1.29 is 14.0 Å². The van der Waals surface area contributed by atoms with E-state index >= 15 is 0 Å². The molecule has 1 aliphatic rings. The number of oxazole rings is 1. The number of nitrogens with zero attached hydrogens (tertiary/aromatic N) is 5. The molecule has 2 aromatic heterocycles. The first-order valence-electron chi connectivity index (χ1n) is 15.2. The van der Waals surface area contributed by atoms with Crippen molar-refractivity contribution in [2.45, 2.75) is 45.8 Å². The van der Waals surface area contributed by atoms with Gasteiger partial charge in [0.05, 0.1) is 11.9 Å². The Morgan fingerprint density at radius 1 is 0.956 bits per heavy atom. The highest BCUT2D eigenvalue weighted by Gasteiger charge is 2.34. The van der Waals surface area contributed by atoms with E-state index in [1.165, 1.54) is 12.0 Å². The molecule has 0 N–H and O–H groups in total. The molecule has 5 aromatic rings. The number of amides is 2. The van der Waals surface area contributed by atoms with Crippen LogP contribution in [0, 0.1) is 13.8 Å². The van der Waals surface area contributed by atoms with Crippen LogP contribution >= 0.6 is 0 Å². The monoisotopic (exact) mass is 599 g/mol. The van der Waals surface area contributed by atoms with Crippen molar-refractivity contribution >= 4 is 17.9 Å². The zero-order chi connectivity index (χ0) is 31.3. The van der Waals surface area contributed by atoms with Crippen LogP contribution in [0.5, 0.6) is 0 Å². The molecule has 0 saturated carbocycles. The minimum atomic E-state index is -0.708. The summed E-state index contributed by atoms with van der Waals surface area (Å²) in [6.07, 6.45) is 7.66. The van der Waals surface area contributed by atoms with Crippen LogP contribution in [-0.2, 0) is 42.6 Å². The Hall–Kier alpha value is -5.24. The lowest BCUT2D eigenvalue weighted by atomic mass is 9.97. The topological polar surface area (TPSA) is 84.5 Å². The van der Waals surface area contributed by atoms with Gasteiger partial charge in [0, 0.05) is 56.0 Å². The smallest absolute Gasteiger partial charge is 0.247 e. The first kappa shape index (κ1) is 29.8. The first-order chi connectivity index (χ1) is 21.9. The molecular weight excluding hydrogens is 562 g/mol. The van der Waals surface area contributed by atoms with E-state index < -0.39 is 6.04 Å². The Balaban J connectivity index is 1.36.